The number of amidine groups is 1. The molecule has 1 aromatic carbocycles. The van der Waals surface area contributed by atoms with E-state index in [1.165, 1.54) is 11.1 Å². The number of aliphatic imine (C=N–C) groups is 1. The lowest BCUT2D eigenvalue weighted by atomic mass is 10.1. The topological polar surface area (TPSA) is 59.6 Å². The van der Waals surface area contributed by atoms with Crippen molar-refractivity contribution in [2.45, 2.75) is 12.8 Å². The lowest BCUT2D eigenvalue weighted by Gasteiger charge is -2.12. The van der Waals surface area contributed by atoms with Gasteiger partial charge in [0.05, 0.1) is 13.2 Å². The molecule has 0 radical (unpaired) electrons. The van der Waals surface area contributed by atoms with Crippen LogP contribution in [0.1, 0.15) is 11.1 Å². The van der Waals surface area contributed by atoms with Crippen molar-refractivity contribution in [2.24, 2.45) is 16.8 Å². The number of ether oxygens (including phenoxy) is 1. The second-order valence-corrected chi connectivity index (χ2v) is 4.28. The van der Waals surface area contributed by atoms with Crippen molar-refractivity contribution in [3.63, 3.8) is 0 Å². The first-order valence-corrected chi connectivity index (χ1v) is 5.92. The van der Waals surface area contributed by atoms with E-state index in [0.29, 0.717) is 19.1 Å². The van der Waals surface area contributed by atoms with Gasteiger partial charge in [-0.25, -0.2) is 5.84 Å². The summed E-state index contributed by atoms with van der Waals surface area (Å²) in [7, 11) is 1.68. The Morgan fingerprint density at radius 3 is 2.59 bits per heavy atom. The highest BCUT2D eigenvalue weighted by Crippen LogP contribution is 2.26. The summed E-state index contributed by atoms with van der Waals surface area (Å²) < 4.78 is 4.99. The fraction of sp³-hybridized carbons (Fsp3) is 0.462. The van der Waals surface area contributed by atoms with E-state index in [-0.39, 0.29) is 0 Å². The van der Waals surface area contributed by atoms with E-state index >= 15 is 0 Å². The average Bonchev–Trinajstić information content (AvgIpc) is 2.78. The SMILES string of the molecule is COCCN=C(NN)C1Cc2ccccc2C1. The van der Waals surface area contributed by atoms with E-state index in [0.717, 1.165) is 18.7 Å². The smallest absolute Gasteiger partial charge is 0.114 e. The zero-order chi connectivity index (χ0) is 12.1. The average molecular weight is 233 g/mol. The van der Waals surface area contributed by atoms with E-state index < -0.39 is 0 Å². The lowest BCUT2D eigenvalue weighted by Crippen LogP contribution is -2.37. The Bertz CT molecular complexity index is 378. The highest BCUT2D eigenvalue weighted by molar-refractivity contribution is 5.85. The van der Waals surface area contributed by atoms with E-state index in [9.17, 15) is 0 Å². The van der Waals surface area contributed by atoms with Gasteiger partial charge in [0.2, 0.25) is 0 Å². The number of hydrogen-bond donors (Lipinski definition) is 2. The van der Waals surface area contributed by atoms with Crippen LogP contribution in [0.2, 0.25) is 0 Å². The maximum Gasteiger partial charge on any atom is 0.114 e. The predicted octanol–water partition coefficient (Wildman–Crippen LogP) is 0.910. The van der Waals surface area contributed by atoms with Gasteiger partial charge in [0.15, 0.2) is 0 Å². The number of nitrogens with two attached hydrogens (primary N) is 1. The number of nitrogens with one attached hydrogen (secondary N) is 1. The number of hydrazine groups is 1. The third-order valence-corrected chi connectivity index (χ3v) is 3.16. The molecule has 0 heterocycles. The molecule has 17 heavy (non-hydrogen) atoms. The molecule has 3 N–H and O–H groups in total. The molecule has 0 spiro atoms. The Kier molecular flexibility index (Phi) is 4.12. The second kappa shape index (κ2) is 5.80. The molecule has 1 aliphatic carbocycles. The molecule has 0 aliphatic heterocycles. The summed E-state index contributed by atoms with van der Waals surface area (Å²) >= 11 is 0. The molecule has 1 aromatic rings. The summed E-state index contributed by atoms with van der Waals surface area (Å²) in [6.07, 6.45) is 2.04. The molecule has 0 aromatic heterocycles. The number of benzene rings is 1. The number of hydrogen-bond acceptors (Lipinski definition) is 3. The van der Waals surface area contributed by atoms with E-state index in [4.69, 9.17) is 10.6 Å². The van der Waals surface area contributed by atoms with Crippen molar-refractivity contribution in [2.75, 3.05) is 20.3 Å². The molecule has 0 bridgehead atoms. The van der Waals surface area contributed by atoms with E-state index in [2.05, 4.69) is 34.7 Å². The quantitative estimate of drug-likeness (QED) is 0.267. The highest BCUT2D eigenvalue weighted by atomic mass is 16.5. The first-order chi connectivity index (χ1) is 8.35. The van der Waals surface area contributed by atoms with Crippen molar-refractivity contribution in [1.29, 1.82) is 0 Å². The van der Waals surface area contributed by atoms with Crippen LogP contribution in [0.5, 0.6) is 0 Å². The van der Waals surface area contributed by atoms with Gasteiger partial charge < -0.3 is 10.2 Å². The minimum atomic E-state index is 0.384. The van der Waals surface area contributed by atoms with Crippen molar-refractivity contribution in [1.82, 2.24) is 5.43 Å². The molecule has 2 rings (SSSR count). The van der Waals surface area contributed by atoms with Crippen LogP contribution in [0.3, 0.4) is 0 Å². The van der Waals surface area contributed by atoms with Crippen molar-refractivity contribution < 1.29 is 4.74 Å². The number of nitrogens with zero attached hydrogens (tertiary/aromatic N) is 1. The van der Waals surface area contributed by atoms with Gasteiger partial charge in [0.1, 0.15) is 5.84 Å². The summed E-state index contributed by atoms with van der Waals surface area (Å²) in [5, 5.41) is 0. The molecule has 0 saturated heterocycles. The third-order valence-electron chi connectivity index (χ3n) is 3.16. The Labute approximate surface area is 102 Å². The molecular weight excluding hydrogens is 214 g/mol. The van der Waals surface area contributed by atoms with Crippen LogP contribution in [-0.2, 0) is 17.6 Å². The number of rotatable bonds is 4. The minimum absolute atomic E-state index is 0.384. The van der Waals surface area contributed by atoms with Crippen LogP contribution in [0, 0.1) is 5.92 Å². The zero-order valence-corrected chi connectivity index (χ0v) is 10.1. The largest absolute Gasteiger partial charge is 0.383 e. The maximum absolute atomic E-state index is 5.55. The van der Waals surface area contributed by atoms with Crippen molar-refractivity contribution in [3.8, 4) is 0 Å². The van der Waals surface area contributed by atoms with Gasteiger partial charge >= 0.3 is 0 Å². The summed E-state index contributed by atoms with van der Waals surface area (Å²) in [5.74, 6) is 6.82. The molecule has 4 heteroatoms. The Morgan fingerprint density at radius 2 is 2.06 bits per heavy atom. The van der Waals surface area contributed by atoms with Crippen molar-refractivity contribution in [3.05, 3.63) is 35.4 Å². The van der Waals surface area contributed by atoms with Gasteiger partial charge in [-0.3, -0.25) is 4.99 Å². The monoisotopic (exact) mass is 233 g/mol. The predicted molar refractivity (Wildman–Crippen MR) is 68.8 cm³/mol. The summed E-state index contributed by atoms with van der Waals surface area (Å²) in [6, 6.07) is 8.52. The summed E-state index contributed by atoms with van der Waals surface area (Å²) in [6.45, 7) is 1.29. The fourth-order valence-corrected chi connectivity index (χ4v) is 2.30. The van der Waals surface area contributed by atoms with Gasteiger partial charge in [-0.05, 0) is 24.0 Å². The number of fused-ring (bicyclic) bond motifs is 1. The van der Waals surface area contributed by atoms with E-state index in [1.54, 1.807) is 7.11 Å². The molecule has 0 fully saturated rings. The fourth-order valence-electron chi connectivity index (χ4n) is 2.30. The van der Waals surface area contributed by atoms with Gasteiger partial charge in [0.25, 0.3) is 0 Å². The van der Waals surface area contributed by atoms with Crippen LogP contribution < -0.4 is 11.3 Å². The van der Waals surface area contributed by atoms with Crippen LogP contribution in [-0.4, -0.2) is 26.1 Å². The third kappa shape index (κ3) is 2.84. The van der Waals surface area contributed by atoms with Gasteiger partial charge in [-0.2, -0.15) is 0 Å². The normalized spacial score (nSPS) is 16.0. The molecule has 92 valence electrons. The molecule has 0 amide bonds. The van der Waals surface area contributed by atoms with Gasteiger partial charge in [0, 0.05) is 13.0 Å². The van der Waals surface area contributed by atoms with Crippen molar-refractivity contribution >= 4 is 5.84 Å². The van der Waals surface area contributed by atoms with Gasteiger partial charge in [-0.15, -0.1) is 0 Å². The Morgan fingerprint density at radius 1 is 1.41 bits per heavy atom. The molecular formula is C13H19N3O. The first kappa shape index (κ1) is 12.1. The molecule has 0 unspecified atom stereocenters. The van der Waals surface area contributed by atoms with Crippen LogP contribution >= 0.6 is 0 Å². The molecule has 0 atom stereocenters. The zero-order valence-electron chi connectivity index (χ0n) is 10.1. The van der Waals surface area contributed by atoms with Crippen LogP contribution in [0.25, 0.3) is 0 Å². The summed E-state index contributed by atoms with van der Waals surface area (Å²) in [5.41, 5.74) is 5.55. The van der Waals surface area contributed by atoms with Crippen LogP contribution in [0.15, 0.2) is 29.3 Å². The molecule has 4 nitrogen and oxygen atoms in total. The minimum Gasteiger partial charge on any atom is -0.383 e. The lowest BCUT2D eigenvalue weighted by molar-refractivity contribution is 0.208. The van der Waals surface area contributed by atoms with Gasteiger partial charge in [-0.1, -0.05) is 24.3 Å². The Balaban J connectivity index is 2.02. The van der Waals surface area contributed by atoms with Crippen LogP contribution in [0.4, 0.5) is 0 Å². The molecule has 1 aliphatic rings. The molecule has 0 saturated carbocycles. The highest BCUT2D eigenvalue weighted by Gasteiger charge is 2.24. The number of methoxy groups -OCH3 is 1. The first-order valence-electron chi connectivity index (χ1n) is 5.92. The standard InChI is InChI=1S/C13H19N3O/c1-17-7-6-15-13(16-14)12-8-10-4-2-3-5-11(10)9-12/h2-5,12H,6-9,14H2,1H3,(H,15,16). The maximum atomic E-state index is 5.55. The summed E-state index contributed by atoms with van der Waals surface area (Å²) in [4.78, 5) is 4.45. The Hall–Kier alpha value is -1.39. The van der Waals surface area contributed by atoms with E-state index in [1.807, 2.05) is 0 Å². The second-order valence-electron chi connectivity index (χ2n) is 4.28.